The topological polar surface area (TPSA) is 94.0 Å². The number of ether oxygens (including phenoxy) is 1. The molecule has 0 aliphatic rings. The number of amides is 1. The van der Waals surface area contributed by atoms with Crippen molar-refractivity contribution in [1.82, 2.24) is 25.1 Å². The average Bonchev–Trinajstić information content (AvgIpc) is 3.12. The van der Waals surface area contributed by atoms with E-state index in [1.54, 1.807) is 54.0 Å². The van der Waals surface area contributed by atoms with Gasteiger partial charge in [0.25, 0.3) is 5.91 Å². The second kappa shape index (κ2) is 10.4. The van der Waals surface area contributed by atoms with Crippen LogP contribution in [-0.2, 0) is 11.3 Å². The summed E-state index contributed by atoms with van der Waals surface area (Å²) < 4.78 is 6.88. The molecule has 2 heterocycles. The van der Waals surface area contributed by atoms with E-state index >= 15 is 0 Å². The van der Waals surface area contributed by atoms with Crippen LogP contribution in [0, 0.1) is 0 Å². The number of hydrogen-bond donors (Lipinski definition) is 2. The van der Waals surface area contributed by atoms with E-state index < -0.39 is 0 Å². The summed E-state index contributed by atoms with van der Waals surface area (Å²) in [7, 11) is 1.66. The van der Waals surface area contributed by atoms with Crippen LogP contribution in [0.4, 0.5) is 5.82 Å². The molecule has 2 aromatic heterocycles. The number of nitrogens with zero attached hydrogens (tertiary/aromatic N) is 4. The molecule has 154 valence electrons. The Morgan fingerprint density at radius 3 is 2.76 bits per heavy atom. The molecule has 10 heteroatoms. The zero-order chi connectivity index (χ0) is 20.6. The molecule has 3 rings (SSSR count). The van der Waals surface area contributed by atoms with Crippen molar-refractivity contribution < 1.29 is 9.53 Å². The van der Waals surface area contributed by atoms with Crippen molar-refractivity contribution in [2.75, 3.05) is 37.9 Å². The summed E-state index contributed by atoms with van der Waals surface area (Å²) >= 11 is 7.43. The van der Waals surface area contributed by atoms with Gasteiger partial charge in [-0.15, -0.1) is 0 Å². The van der Waals surface area contributed by atoms with Crippen molar-refractivity contribution in [3.8, 4) is 0 Å². The van der Waals surface area contributed by atoms with E-state index in [9.17, 15) is 4.79 Å². The summed E-state index contributed by atoms with van der Waals surface area (Å²) in [4.78, 5) is 21.5. The van der Waals surface area contributed by atoms with Crippen molar-refractivity contribution in [3.63, 3.8) is 0 Å². The van der Waals surface area contributed by atoms with Crippen LogP contribution in [0.2, 0.25) is 5.02 Å². The van der Waals surface area contributed by atoms with Crippen molar-refractivity contribution in [1.29, 1.82) is 0 Å². The Morgan fingerprint density at radius 2 is 2.03 bits per heavy atom. The van der Waals surface area contributed by atoms with Crippen LogP contribution in [0.5, 0.6) is 0 Å². The normalized spacial score (nSPS) is 11.0. The van der Waals surface area contributed by atoms with E-state index in [0.29, 0.717) is 42.0 Å². The molecular weight excluding hydrogens is 412 g/mol. The molecule has 0 aliphatic heterocycles. The number of benzene rings is 1. The van der Waals surface area contributed by atoms with E-state index in [-0.39, 0.29) is 5.91 Å². The third-order valence-corrected chi connectivity index (χ3v) is 5.04. The van der Waals surface area contributed by atoms with Gasteiger partial charge in [-0.25, -0.2) is 14.6 Å². The van der Waals surface area contributed by atoms with Gasteiger partial charge in [0.2, 0.25) is 0 Å². The van der Waals surface area contributed by atoms with Gasteiger partial charge in [0.15, 0.2) is 10.8 Å². The molecule has 0 atom stereocenters. The predicted molar refractivity (Wildman–Crippen MR) is 116 cm³/mol. The number of methoxy groups -OCH3 is 1. The number of halogens is 1. The molecule has 0 bridgehead atoms. The first-order valence-corrected chi connectivity index (χ1v) is 10.6. The van der Waals surface area contributed by atoms with E-state index in [0.717, 1.165) is 22.6 Å². The largest absolute Gasteiger partial charge is 0.383 e. The summed E-state index contributed by atoms with van der Waals surface area (Å²) in [6, 6.07) is 6.78. The van der Waals surface area contributed by atoms with Gasteiger partial charge in [-0.3, -0.25) is 4.79 Å². The van der Waals surface area contributed by atoms with Crippen molar-refractivity contribution in [2.45, 2.75) is 18.6 Å². The maximum atomic E-state index is 12.3. The zero-order valence-corrected chi connectivity index (χ0v) is 17.9. The van der Waals surface area contributed by atoms with Crippen LogP contribution in [0.3, 0.4) is 0 Å². The maximum Gasteiger partial charge on any atom is 0.251 e. The second-order valence-corrected chi connectivity index (χ2v) is 7.74. The molecule has 2 N–H and O–H groups in total. The third-order valence-electron chi connectivity index (χ3n) is 4.06. The Morgan fingerprint density at radius 1 is 1.24 bits per heavy atom. The first-order chi connectivity index (χ1) is 14.1. The van der Waals surface area contributed by atoms with Crippen LogP contribution in [0.25, 0.3) is 11.0 Å². The molecule has 0 aliphatic carbocycles. The Hall–Kier alpha value is -2.36. The first kappa shape index (κ1) is 21.4. The fourth-order valence-corrected chi connectivity index (χ4v) is 3.37. The zero-order valence-electron chi connectivity index (χ0n) is 16.3. The summed E-state index contributed by atoms with van der Waals surface area (Å²) in [6.07, 6.45) is 1.74. The summed E-state index contributed by atoms with van der Waals surface area (Å²) in [5.74, 6) is 1.45. The Labute approximate surface area is 178 Å². The van der Waals surface area contributed by atoms with Gasteiger partial charge in [-0.05, 0) is 30.0 Å². The summed E-state index contributed by atoms with van der Waals surface area (Å²) in [5, 5.41) is 12.7. The molecule has 29 heavy (non-hydrogen) atoms. The van der Waals surface area contributed by atoms with Crippen LogP contribution >= 0.6 is 23.4 Å². The van der Waals surface area contributed by atoms with Gasteiger partial charge in [0.05, 0.1) is 24.7 Å². The van der Waals surface area contributed by atoms with Crippen molar-refractivity contribution in [2.24, 2.45) is 0 Å². The molecule has 3 aromatic rings. The highest BCUT2D eigenvalue weighted by molar-refractivity contribution is 7.99. The fraction of sp³-hybridized carbons (Fsp3) is 0.368. The minimum atomic E-state index is -0.156. The minimum absolute atomic E-state index is 0.156. The van der Waals surface area contributed by atoms with Crippen LogP contribution < -0.4 is 10.6 Å². The van der Waals surface area contributed by atoms with Gasteiger partial charge in [0.1, 0.15) is 5.82 Å². The predicted octanol–water partition coefficient (Wildman–Crippen LogP) is 3.08. The number of fused-ring (bicyclic) bond motifs is 1. The van der Waals surface area contributed by atoms with Gasteiger partial charge in [-0.1, -0.05) is 30.3 Å². The molecule has 0 radical (unpaired) electrons. The van der Waals surface area contributed by atoms with Crippen LogP contribution in [0.1, 0.15) is 17.3 Å². The first-order valence-electron chi connectivity index (χ1n) is 9.25. The number of aromatic nitrogens is 4. The quantitative estimate of drug-likeness (QED) is 0.287. The highest BCUT2D eigenvalue weighted by Crippen LogP contribution is 2.24. The lowest BCUT2D eigenvalue weighted by Crippen LogP contribution is -2.27. The number of rotatable bonds is 10. The molecule has 0 saturated heterocycles. The summed E-state index contributed by atoms with van der Waals surface area (Å²) in [5.41, 5.74) is 1.30. The molecule has 0 saturated carbocycles. The van der Waals surface area contributed by atoms with Gasteiger partial charge in [-0.2, -0.15) is 5.10 Å². The second-order valence-electron chi connectivity index (χ2n) is 6.08. The monoisotopic (exact) mass is 434 g/mol. The Kier molecular flexibility index (Phi) is 7.68. The van der Waals surface area contributed by atoms with Gasteiger partial charge < -0.3 is 15.4 Å². The van der Waals surface area contributed by atoms with Gasteiger partial charge in [0, 0.05) is 30.8 Å². The van der Waals surface area contributed by atoms with E-state index in [1.165, 1.54) is 0 Å². The highest BCUT2D eigenvalue weighted by atomic mass is 35.5. The molecule has 0 fully saturated rings. The lowest BCUT2D eigenvalue weighted by molar-refractivity contribution is 0.0952. The van der Waals surface area contributed by atoms with E-state index in [2.05, 4.69) is 32.6 Å². The molecule has 8 nitrogen and oxygen atoms in total. The minimum Gasteiger partial charge on any atom is -0.383 e. The Bertz CT molecular complexity index is 963. The number of nitrogens with one attached hydrogen (secondary N) is 2. The maximum absolute atomic E-state index is 12.3. The molecule has 1 amide bonds. The molecule has 1 aromatic carbocycles. The van der Waals surface area contributed by atoms with E-state index in [1.807, 2.05) is 0 Å². The Balaban J connectivity index is 1.71. The van der Waals surface area contributed by atoms with Crippen LogP contribution in [-0.4, -0.2) is 58.2 Å². The molecular formula is C19H23ClN6O2S. The number of carbonyl (C=O) groups is 1. The van der Waals surface area contributed by atoms with Gasteiger partial charge >= 0.3 is 0 Å². The van der Waals surface area contributed by atoms with Crippen molar-refractivity contribution in [3.05, 3.63) is 41.0 Å². The standard InChI is InChI=1S/C19H23ClN6O2S/c1-3-29-19-24-16(21-9-11-28-2)15-12-23-26(17(15)25-19)10-8-22-18(27)13-4-6-14(20)7-5-13/h4-7,12H,3,8-11H2,1-2H3,(H,22,27)(H,21,24,25). The average molecular weight is 435 g/mol. The number of hydrogen-bond acceptors (Lipinski definition) is 7. The SMILES string of the molecule is CCSc1nc(NCCOC)c2cnn(CCNC(=O)c3ccc(Cl)cc3)c2n1. The number of carbonyl (C=O) groups excluding carboxylic acids is 1. The fourth-order valence-electron chi connectivity index (χ4n) is 2.68. The van der Waals surface area contributed by atoms with Crippen LogP contribution in [0.15, 0.2) is 35.6 Å². The molecule has 0 spiro atoms. The highest BCUT2D eigenvalue weighted by Gasteiger charge is 2.13. The number of thioether (sulfide) groups is 1. The third kappa shape index (κ3) is 5.59. The van der Waals surface area contributed by atoms with Crippen molar-refractivity contribution >= 4 is 46.1 Å². The number of anilines is 1. The smallest absolute Gasteiger partial charge is 0.251 e. The summed E-state index contributed by atoms with van der Waals surface area (Å²) in [6.45, 7) is 4.19. The van der Waals surface area contributed by atoms with E-state index in [4.69, 9.17) is 16.3 Å². The lowest BCUT2D eigenvalue weighted by Gasteiger charge is -2.09. The molecule has 0 unspecified atom stereocenters. The lowest BCUT2D eigenvalue weighted by atomic mass is 10.2.